The average Bonchev–Trinajstić information content (AvgIpc) is 2.72. The predicted molar refractivity (Wildman–Crippen MR) is 145 cm³/mol. The second-order valence-corrected chi connectivity index (χ2v) is 11.3. The molecule has 35 heavy (non-hydrogen) atoms. The lowest BCUT2D eigenvalue weighted by Gasteiger charge is -2.37. The van der Waals surface area contributed by atoms with Crippen molar-refractivity contribution >= 4 is 29.7 Å². The molecule has 1 rings (SSSR count). The minimum absolute atomic E-state index is 0.0175. The Balaban J connectivity index is 3.42. The lowest BCUT2D eigenvalue weighted by molar-refractivity contribution is -0.144. The van der Waals surface area contributed by atoms with Crippen LogP contribution in [0.4, 0.5) is 4.79 Å². The van der Waals surface area contributed by atoms with Crippen LogP contribution in [0.5, 0.6) is 0 Å². The number of ether oxygens (including phenoxy) is 1. The number of alkyl carbamates (subject to hydrolysis) is 1. The summed E-state index contributed by atoms with van der Waals surface area (Å²) in [6.45, 7) is 15.1. The van der Waals surface area contributed by atoms with Crippen molar-refractivity contribution in [3.63, 3.8) is 0 Å². The number of amides is 3. The Morgan fingerprint density at radius 3 is 2.26 bits per heavy atom. The first kappa shape index (κ1) is 30.8. The van der Waals surface area contributed by atoms with Crippen molar-refractivity contribution in [2.45, 2.75) is 104 Å². The van der Waals surface area contributed by atoms with Gasteiger partial charge in [-0.3, -0.25) is 9.59 Å². The predicted octanol–water partition coefficient (Wildman–Crippen LogP) is 5.22. The van der Waals surface area contributed by atoms with Crippen LogP contribution in [0.15, 0.2) is 24.3 Å². The molecule has 1 aromatic carbocycles. The molecular formula is C27H45N3O4S. The topological polar surface area (TPSA) is 87.7 Å². The highest BCUT2D eigenvalue weighted by atomic mass is 32.2. The third-order valence-corrected chi connectivity index (χ3v) is 6.05. The molecule has 0 aliphatic carbocycles. The molecule has 3 unspecified atom stereocenters. The molecule has 0 saturated heterocycles. The zero-order chi connectivity index (χ0) is 26.8. The number of nitrogens with zero attached hydrogens (tertiary/aromatic N) is 1. The molecule has 7 nitrogen and oxygen atoms in total. The van der Waals surface area contributed by atoms with E-state index in [4.69, 9.17) is 4.74 Å². The highest BCUT2D eigenvalue weighted by Gasteiger charge is 2.38. The third kappa shape index (κ3) is 10.5. The summed E-state index contributed by atoms with van der Waals surface area (Å²) in [5.74, 6) is 0.150. The summed E-state index contributed by atoms with van der Waals surface area (Å²) in [7, 11) is 0. The van der Waals surface area contributed by atoms with Crippen LogP contribution in [-0.2, 0) is 14.3 Å². The van der Waals surface area contributed by atoms with Gasteiger partial charge in [-0.25, -0.2) is 4.79 Å². The molecule has 2 N–H and O–H groups in total. The number of benzene rings is 1. The molecule has 198 valence electrons. The molecule has 1 aromatic rings. The molecule has 0 heterocycles. The Morgan fingerprint density at radius 2 is 1.74 bits per heavy atom. The smallest absolute Gasteiger partial charge is 0.408 e. The lowest BCUT2D eigenvalue weighted by Crippen LogP contribution is -2.55. The zero-order valence-electron chi connectivity index (χ0n) is 22.9. The van der Waals surface area contributed by atoms with E-state index in [1.807, 2.05) is 58.2 Å². The summed E-state index contributed by atoms with van der Waals surface area (Å²) in [5, 5.41) is 5.86. The summed E-state index contributed by atoms with van der Waals surface area (Å²) in [6, 6.07) is 5.75. The van der Waals surface area contributed by atoms with Crippen molar-refractivity contribution in [1.82, 2.24) is 15.5 Å². The molecule has 0 aliphatic rings. The molecule has 0 aromatic heterocycles. The van der Waals surface area contributed by atoms with Crippen LogP contribution in [0.25, 0.3) is 0 Å². The van der Waals surface area contributed by atoms with Crippen LogP contribution in [-0.4, -0.2) is 58.5 Å². The molecule has 0 fully saturated rings. The SMILES string of the molecule is CCCC(C)NC(=O)C(c1cccc(C)c1)N(C(=O)C(CCSC)NC(=O)OC(C)(C)C)C(C)C. The number of aryl methyl sites for hydroxylation is 1. The Kier molecular flexibility index (Phi) is 12.6. The van der Waals surface area contributed by atoms with E-state index in [2.05, 4.69) is 17.6 Å². The monoisotopic (exact) mass is 507 g/mol. The van der Waals surface area contributed by atoms with Crippen molar-refractivity contribution in [2.24, 2.45) is 0 Å². The highest BCUT2D eigenvalue weighted by Crippen LogP contribution is 2.27. The number of thioether (sulfide) groups is 1. The Bertz CT molecular complexity index is 838. The first-order valence-electron chi connectivity index (χ1n) is 12.5. The summed E-state index contributed by atoms with van der Waals surface area (Å²) in [6.07, 6.45) is 3.52. The van der Waals surface area contributed by atoms with Gasteiger partial charge in [0.05, 0.1) is 0 Å². The van der Waals surface area contributed by atoms with Crippen molar-refractivity contribution < 1.29 is 19.1 Å². The van der Waals surface area contributed by atoms with Gasteiger partial charge in [-0.1, -0.05) is 43.2 Å². The number of carbonyl (C=O) groups excluding carboxylic acids is 3. The number of hydrogen-bond acceptors (Lipinski definition) is 5. The van der Waals surface area contributed by atoms with Gasteiger partial charge in [0.2, 0.25) is 11.8 Å². The van der Waals surface area contributed by atoms with Gasteiger partial charge < -0.3 is 20.3 Å². The highest BCUT2D eigenvalue weighted by molar-refractivity contribution is 7.98. The average molecular weight is 508 g/mol. The Labute approximate surface area is 216 Å². The Hall–Kier alpha value is -2.22. The van der Waals surface area contributed by atoms with Crippen molar-refractivity contribution in [3.8, 4) is 0 Å². The normalized spacial score (nSPS) is 14.1. The van der Waals surface area contributed by atoms with Gasteiger partial charge in [-0.05, 0) is 78.9 Å². The van der Waals surface area contributed by atoms with E-state index in [1.54, 1.807) is 37.4 Å². The third-order valence-electron chi connectivity index (χ3n) is 5.41. The second kappa shape index (κ2) is 14.4. The molecule has 0 radical (unpaired) electrons. The summed E-state index contributed by atoms with van der Waals surface area (Å²) >= 11 is 1.59. The van der Waals surface area contributed by atoms with Crippen LogP contribution >= 0.6 is 11.8 Å². The minimum Gasteiger partial charge on any atom is -0.444 e. The number of hydrogen-bond donors (Lipinski definition) is 2. The zero-order valence-corrected chi connectivity index (χ0v) is 23.8. The summed E-state index contributed by atoms with van der Waals surface area (Å²) in [4.78, 5) is 41.8. The molecule has 8 heteroatoms. The first-order valence-corrected chi connectivity index (χ1v) is 13.9. The summed E-state index contributed by atoms with van der Waals surface area (Å²) < 4.78 is 5.42. The number of carbonyl (C=O) groups is 3. The number of rotatable bonds is 12. The standard InChI is InChI=1S/C27H45N3O4S/c1-10-12-20(5)28-24(31)23(21-14-11-13-19(4)17-21)30(18(2)3)25(32)22(15-16-35-9)29-26(33)34-27(6,7)8/h11,13-14,17-18,20,22-23H,10,12,15-16H2,1-9H3,(H,28,31)(H,29,33). The van der Waals surface area contributed by atoms with Gasteiger partial charge in [0, 0.05) is 12.1 Å². The molecular weight excluding hydrogens is 462 g/mol. The molecule has 0 aliphatic heterocycles. The van der Waals surface area contributed by atoms with Crippen LogP contribution in [0.2, 0.25) is 0 Å². The fourth-order valence-corrected chi connectivity index (χ4v) is 4.38. The van der Waals surface area contributed by atoms with Crippen LogP contribution in [0.3, 0.4) is 0 Å². The van der Waals surface area contributed by atoms with E-state index in [9.17, 15) is 14.4 Å². The van der Waals surface area contributed by atoms with Gasteiger partial charge in [-0.2, -0.15) is 11.8 Å². The van der Waals surface area contributed by atoms with Crippen LogP contribution < -0.4 is 10.6 Å². The van der Waals surface area contributed by atoms with E-state index in [1.165, 1.54) is 0 Å². The summed E-state index contributed by atoms with van der Waals surface area (Å²) in [5.41, 5.74) is 1.06. The quantitative estimate of drug-likeness (QED) is 0.405. The molecule has 0 saturated carbocycles. The molecule has 3 atom stereocenters. The van der Waals surface area contributed by atoms with Crippen LogP contribution in [0, 0.1) is 6.92 Å². The Morgan fingerprint density at radius 1 is 1.09 bits per heavy atom. The molecule has 0 spiro atoms. The van der Waals surface area contributed by atoms with Gasteiger partial charge in [-0.15, -0.1) is 0 Å². The fraction of sp³-hybridized carbons (Fsp3) is 0.667. The second-order valence-electron chi connectivity index (χ2n) is 10.3. The van der Waals surface area contributed by atoms with E-state index in [-0.39, 0.29) is 23.9 Å². The maximum absolute atomic E-state index is 14.0. The van der Waals surface area contributed by atoms with Crippen molar-refractivity contribution in [1.29, 1.82) is 0 Å². The first-order chi connectivity index (χ1) is 16.3. The van der Waals surface area contributed by atoms with Crippen molar-refractivity contribution in [3.05, 3.63) is 35.4 Å². The molecule has 0 bridgehead atoms. The van der Waals surface area contributed by atoms with Gasteiger partial charge in [0.15, 0.2) is 0 Å². The minimum atomic E-state index is -0.820. The maximum atomic E-state index is 14.0. The maximum Gasteiger partial charge on any atom is 0.408 e. The lowest BCUT2D eigenvalue weighted by atomic mass is 9.98. The largest absolute Gasteiger partial charge is 0.444 e. The van der Waals surface area contributed by atoms with E-state index < -0.39 is 23.8 Å². The van der Waals surface area contributed by atoms with Gasteiger partial charge in [0.1, 0.15) is 17.7 Å². The molecule has 3 amide bonds. The van der Waals surface area contributed by atoms with E-state index in [0.717, 1.165) is 24.0 Å². The van der Waals surface area contributed by atoms with E-state index in [0.29, 0.717) is 12.2 Å². The van der Waals surface area contributed by atoms with Gasteiger partial charge >= 0.3 is 6.09 Å². The van der Waals surface area contributed by atoms with E-state index >= 15 is 0 Å². The fourth-order valence-electron chi connectivity index (χ4n) is 3.91. The van der Waals surface area contributed by atoms with Gasteiger partial charge in [0.25, 0.3) is 0 Å². The van der Waals surface area contributed by atoms with Crippen LogP contribution in [0.1, 0.15) is 84.9 Å². The van der Waals surface area contributed by atoms with Crippen molar-refractivity contribution in [2.75, 3.05) is 12.0 Å². The number of nitrogens with one attached hydrogen (secondary N) is 2.